The molecule has 3 rings (SSSR count). The van der Waals surface area contributed by atoms with Crippen LogP contribution in [0.3, 0.4) is 0 Å². The third-order valence-electron chi connectivity index (χ3n) is 3.19. The number of nitrogens with zero attached hydrogens (tertiary/aromatic N) is 3. The zero-order valence-corrected chi connectivity index (χ0v) is 10.4. The molecule has 0 atom stereocenters. The number of aromatic amines is 1. The highest BCUT2D eigenvalue weighted by atomic mass is 16.5. The first-order chi connectivity index (χ1) is 8.86. The molecule has 2 aromatic heterocycles. The predicted molar refractivity (Wildman–Crippen MR) is 68.7 cm³/mol. The molecule has 0 spiro atoms. The molecule has 2 heterocycles. The molecule has 1 saturated carbocycles. The number of hydrogen-bond donors (Lipinski definition) is 2. The predicted octanol–water partition coefficient (Wildman–Crippen LogP) is 2.11. The minimum Gasteiger partial charge on any atom is -0.474 e. The van der Waals surface area contributed by atoms with Crippen LogP contribution in [0.5, 0.6) is 5.88 Å². The quantitative estimate of drug-likeness (QED) is 0.865. The fraction of sp³-hybridized carbons (Fsp3) is 0.583. The third-order valence-corrected chi connectivity index (χ3v) is 3.19. The van der Waals surface area contributed by atoms with Crippen molar-refractivity contribution in [3.05, 3.63) is 6.20 Å². The number of aromatic nitrogens is 4. The second-order valence-corrected chi connectivity index (χ2v) is 4.54. The molecule has 1 aliphatic rings. The monoisotopic (exact) mass is 247 g/mol. The molecule has 6 nitrogen and oxygen atoms in total. The van der Waals surface area contributed by atoms with Crippen LogP contribution in [0.15, 0.2) is 6.20 Å². The SMILES string of the molecule is CCNc1nc(OC2CCCC2)c2cn[nH]c2n1. The average Bonchev–Trinajstić information content (AvgIpc) is 2.99. The molecule has 6 heteroatoms. The highest BCUT2D eigenvalue weighted by molar-refractivity contribution is 5.80. The molecular weight excluding hydrogens is 230 g/mol. The van der Waals surface area contributed by atoms with E-state index >= 15 is 0 Å². The molecule has 0 aliphatic heterocycles. The van der Waals surface area contributed by atoms with Crippen LogP contribution in [-0.4, -0.2) is 32.8 Å². The normalized spacial score (nSPS) is 16.3. The average molecular weight is 247 g/mol. The molecule has 0 bridgehead atoms. The number of hydrogen-bond acceptors (Lipinski definition) is 5. The third kappa shape index (κ3) is 2.10. The molecule has 0 saturated heterocycles. The van der Waals surface area contributed by atoms with Crippen LogP contribution < -0.4 is 10.1 Å². The maximum Gasteiger partial charge on any atom is 0.229 e. The maximum absolute atomic E-state index is 5.98. The van der Waals surface area contributed by atoms with E-state index < -0.39 is 0 Å². The Morgan fingerprint density at radius 3 is 3.00 bits per heavy atom. The van der Waals surface area contributed by atoms with Gasteiger partial charge in [-0.2, -0.15) is 15.1 Å². The van der Waals surface area contributed by atoms with Gasteiger partial charge in [-0.3, -0.25) is 5.10 Å². The number of H-pyrrole nitrogens is 1. The lowest BCUT2D eigenvalue weighted by Crippen LogP contribution is -2.13. The molecule has 0 unspecified atom stereocenters. The summed E-state index contributed by atoms with van der Waals surface area (Å²) in [7, 11) is 0. The van der Waals surface area contributed by atoms with E-state index in [1.54, 1.807) is 6.20 Å². The van der Waals surface area contributed by atoms with Crippen LogP contribution in [0.25, 0.3) is 11.0 Å². The van der Waals surface area contributed by atoms with Gasteiger partial charge in [-0.05, 0) is 32.6 Å². The Kier molecular flexibility index (Phi) is 3.00. The molecule has 96 valence electrons. The van der Waals surface area contributed by atoms with Gasteiger partial charge in [-0.25, -0.2) is 0 Å². The maximum atomic E-state index is 5.98. The summed E-state index contributed by atoms with van der Waals surface area (Å²) in [6.45, 7) is 2.79. The second kappa shape index (κ2) is 4.80. The summed E-state index contributed by atoms with van der Waals surface area (Å²) in [6.07, 6.45) is 6.71. The summed E-state index contributed by atoms with van der Waals surface area (Å²) >= 11 is 0. The molecule has 2 N–H and O–H groups in total. The van der Waals surface area contributed by atoms with Crippen molar-refractivity contribution < 1.29 is 4.74 Å². The molecule has 18 heavy (non-hydrogen) atoms. The summed E-state index contributed by atoms with van der Waals surface area (Å²) in [4.78, 5) is 8.76. The van der Waals surface area contributed by atoms with Gasteiger partial charge in [0.05, 0.1) is 6.20 Å². The van der Waals surface area contributed by atoms with Crippen LogP contribution in [0.2, 0.25) is 0 Å². The summed E-state index contributed by atoms with van der Waals surface area (Å²) in [5.74, 6) is 1.22. The molecule has 1 fully saturated rings. The second-order valence-electron chi connectivity index (χ2n) is 4.54. The molecule has 0 amide bonds. The Labute approximate surface area is 105 Å². The van der Waals surface area contributed by atoms with E-state index in [9.17, 15) is 0 Å². The standard InChI is InChI=1S/C12H17N5O/c1-2-13-12-15-10-9(7-14-17-10)11(16-12)18-8-5-3-4-6-8/h7-8H,2-6H2,1H3,(H2,13,14,15,16,17). The summed E-state index contributed by atoms with van der Waals surface area (Å²) in [5, 5.41) is 10.8. The topological polar surface area (TPSA) is 75.7 Å². The zero-order chi connectivity index (χ0) is 12.4. The van der Waals surface area contributed by atoms with E-state index in [0.29, 0.717) is 17.5 Å². The van der Waals surface area contributed by atoms with Gasteiger partial charge in [0, 0.05) is 6.54 Å². The van der Waals surface area contributed by atoms with E-state index in [0.717, 1.165) is 24.8 Å². The van der Waals surface area contributed by atoms with Crippen molar-refractivity contribution in [2.24, 2.45) is 0 Å². The van der Waals surface area contributed by atoms with Crippen molar-refractivity contribution in [2.75, 3.05) is 11.9 Å². The molecule has 2 aromatic rings. The van der Waals surface area contributed by atoms with Gasteiger partial charge >= 0.3 is 0 Å². The minimum absolute atomic E-state index is 0.285. The van der Waals surface area contributed by atoms with Crippen molar-refractivity contribution in [3.63, 3.8) is 0 Å². The lowest BCUT2D eigenvalue weighted by molar-refractivity contribution is 0.204. The fourth-order valence-corrected chi connectivity index (χ4v) is 2.30. The van der Waals surface area contributed by atoms with Crippen molar-refractivity contribution in [1.82, 2.24) is 20.2 Å². The zero-order valence-electron chi connectivity index (χ0n) is 10.4. The van der Waals surface area contributed by atoms with Gasteiger partial charge in [0.2, 0.25) is 11.8 Å². The van der Waals surface area contributed by atoms with E-state index in [4.69, 9.17) is 4.74 Å². The van der Waals surface area contributed by atoms with Gasteiger partial charge < -0.3 is 10.1 Å². The smallest absolute Gasteiger partial charge is 0.229 e. The Morgan fingerprint density at radius 2 is 2.22 bits per heavy atom. The van der Waals surface area contributed by atoms with Crippen molar-refractivity contribution in [2.45, 2.75) is 38.7 Å². The van der Waals surface area contributed by atoms with Gasteiger partial charge in [0.1, 0.15) is 11.5 Å². The highest BCUT2D eigenvalue weighted by Gasteiger charge is 2.19. The van der Waals surface area contributed by atoms with Crippen LogP contribution in [-0.2, 0) is 0 Å². The van der Waals surface area contributed by atoms with E-state index in [1.165, 1.54) is 12.8 Å². The first kappa shape index (κ1) is 11.3. The number of anilines is 1. The van der Waals surface area contributed by atoms with Crippen LogP contribution in [0, 0.1) is 0 Å². The van der Waals surface area contributed by atoms with Gasteiger partial charge in [0.25, 0.3) is 0 Å². The summed E-state index contributed by atoms with van der Waals surface area (Å²) < 4.78 is 5.98. The first-order valence-electron chi connectivity index (χ1n) is 6.48. The number of ether oxygens (including phenoxy) is 1. The van der Waals surface area contributed by atoms with Gasteiger partial charge in [-0.1, -0.05) is 0 Å². The molecule has 0 aromatic carbocycles. The lowest BCUT2D eigenvalue weighted by Gasteiger charge is -2.13. The molecular formula is C12H17N5O. The largest absolute Gasteiger partial charge is 0.474 e. The van der Waals surface area contributed by atoms with E-state index in [-0.39, 0.29) is 6.10 Å². The fourth-order valence-electron chi connectivity index (χ4n) is 2.30. The summed E-state index contributed by atoms with van der Waals surface area (Å²) in [5.41, 5.74) is 0.717. The Morgan fingerprint density at radius 1 is 1.39 bits per heavy atom. The highest BCUT2D eigenvalue weighted by Crippen LogP contribution is 2.28. The Bertz CT molecular complexity index is 532. The van der Waals surface area contributed by atoms with Gasteiger partial charge in [0.15, 0.2) is 5.65 Å². The van der Waals surface area contributed by atoms with Crippen molar-refractivity contribution in [1.29, 1.82) is 0 Å². The van der Waals surface area contributed by atoms with Crippen molar-refractivity contribution in [3.8, 4) is 5.88 Å². The van der Waals surface area contributed by atoms with E-state index in [1.807, 2.05) is 6.92 Å². The Balaban J connectivity index is 1.93. The first-order valence-corrected chi connectivity index (χ1v) is 6.48. The van der Waals surface area contributed by atoms with Crippen LogP contribution in [0.4, 0.5) is 5.95 Å². The molecule has 0 radical (unpaired) electrons. The van der Waals surface area contributed by atoms with Crippen LogP contribution >= 0.6 is 0 Å². The minimum atomic E-state index is 0.285. The lowest BCUT2D eigenvalue weighted by atomic mass is 10.3. The number of nitrogens with one attached hydrogen (secondary N) is 2. The number of fused-ring (bicyclic) bond motifs is 1. The summed E-state index contributed by atoms with van der Waals surface area (Å²) in [6, 6.07) is 0. The number of rotatable bonds is 4. The van der Waals surface area contributed by atoms with Crippen molar-refractivity contribution >= 4 is 17.0 Å². The van der Waals surface area contributed by atoms with E-state index in [2.05, 4.69) is 25.5 Å². The molecule has 1 aliphatic carbocycles. The Hall–Kier alpha value is -1.85. The van der Waals surface area contributed by atoms with Crippen LogP contribution in [0.1, 0.15) is 32.6 Å². The van der Waals surface area contributed by atoms with Gasteiger partial charge in [-0.15, -0.1) is 0 Å².